The molecule has 1 fully saturated rings. The molecule has 1 unspecified atom stereocenters. The zero-order valence-corrected chi connectivity index (χ0v) is 12.9. The molecule has 1 aliphatic heterocycles. The molecule has 0 radical (unpaired) electrons. The minimum absolute atomic E-state index is 0.118. The fourth-order valence-corrected chi connectivity index (χ4v) is 2.97. The van der Waals surface area contributed by atoms with Gasteiger partial charge in [-0.25, -0.2) is 0 Å². The lowest BCUT2D eigenvalue weighted by Crippen LogP contribution is -2.24. The Labute approximate surface area is 122 Å². The molecule has 110 valence electrons. The Morgan fingerprint density at radius 3 is 2.75 bits per heavy atom. The van der Waals surface area contributed by atoms with E-state index in [1.54, 1.807) is 0 Å². The maximum atomic E-state index is 11.6. The molecule has 0 aliphatic carbocycles. The third-order valence-electron chi connectivity index (χ3n) is 4.44. The molecule has 1 atom stereocenters. The van der Waals surface area contributed by atoms with E-state index in [-0.39, 0.29) is 5.78 Å². The maximum Gasteiger partial charge on any atom is 0.180 e. The predicted molar refractivity (Wildman–Crippen MR) is 83.3 cm³/mol. The van der Waals surface area contributed by atoms with Gasteiger partial charge in [0.25, 0.3) is 0 Å². The molecule has 0 spiro atoms. The first-order chi connectivity index (χ1) is 9.61. The van der Waals surface area contributed by atoms with Gasteiger partial charge in [0.15, 0.2) is 5.78 Å². The molecule has 0 N–H and O–H groups in total. The monoisotopic (exact) mass is 274 g/mol. The van der Waals surface area contributed by atoms with Crippen molar-refractivity contribution in [1.82, 2.24) is 4.98 Å². The average Bonchev–Trinajstić information content (AvgIpc) is 2.72. The summed E-state index contributed by atoms with van der Waals surface area (Å²) in [4.78, 5) is 18.3. The molecule has 0 aromatic carbocycles. The van der Waals surface area contributed by atoms with Crippen molar-refractivity contribution in [3.05, 3.63) is 24.0 Å². The SMILES string of the molecule is CCC(=O)c1ccc(N2CCCC(C(C)C)CC2)cn1. The van der Waals surface area contributed by atoms with Gasteiger partial charge in [0.1, 0.15) is 5.69 Å². The zero-order valence-electron chi connectivity index (χ0n) is 12.9. The quantitative estimate of drug-likeness (QED) is 0.780. The Balaban J connectivity index is 2.02. The number of Topliss-reactive ketones (excluding diaryl/α,β-unsaturated/α-hetero) is 1. The lowest BCUT2D eigenvalue weighted by Gasteiger charge is -2.23. The number of ketones is 1. The van der Waals surface area contributed by atoms with Crippen LogP contribution in [0.4, 0.5) is 5.69 Å². The number of nitrogens with zero attached hydrogens (tertiary/aromatic N) is 2. The second-order valence-electron chi connectivity index (χ2n) is 6.10. The van der Waals surface area contributed by atoms with E-state index in [4.69, 9.17) is 0 Å². The number of aromatic nitrogens is 1. The van der Waals surface area contributed by atoms with E-state index in [0.717, 1.165) is 30.6 Å². The van der Waals surface area contributed by atoms with Crippen LogP contribution in [0.15, 0.2) is 18.3 Å². The van der Waals surface area contributed by atoms with Gasteiger partial charge in [-0.15, -0.1) is 0 Å². The van der Waals surface area contributed by atoms with Crippen molar-refractivity contribution in [1.29, 1.82) is 0 Å². The predicted octanol–water partition coefficient (Wildman–Crippen LogP) is 3.94. The van der Waals surface area contributed by atoms with Gasteiger partial charge in [0.2, 0.25) is 0 Å². The molecule has 0 saturated carbocycles. The van der Waals surface area contributed by atoms with E-state index in [1.165, 1.54) is 19.3 Å². The fraction of sp³-hybridized carbons (Fsp3) is 0.647. The Kier molecular flexibility index (Phi) is 5.16. The molecule has 3 nitrogen and oxygen atoms in total. The van der Waals surface area contributed by atoms with Crippen molar-refractivity contribution in [2.24, 2.45) is 11.8 Å². The Bertz CT molecular complexity index is 439. The van der Waals surface area contributed by atoms with Crippen molar-refractivity contribution in [3.63, 3.8) is 0 Å². The minimum atomic E-state index is 0.118. The fourth-order valence-electron chi connectivity index (χ4n) is 2.97. The third-order valence-corrected chi connectivity index (χ3v) is 4.44. The summed E-state index contributed by atoms with van der Waals surface area (Å²) in [6.07, 6.45) is 6.21. The number of rotatable bonds is 4. The van der Waals surface area contributed by atoms with E-state index in [2.05, 4.69) is 23.7 Å². The second-order valence-corrected chi connectivity index (χ2v) is 6.10. The first-order valence-corrected chi connectivity index (χ1v) is 7.86. The van der Waals surface area contributed by atoms with Gasteiger partial charge in [0, 0.05) is 19.5 Å². The molecule has 0 bridgehead atoms. The molecule has 2 rings (SSSR count). The minimum Gasteiger partial charge on any atom is -0.370 e. The summed E-state index contributed by atoms with van der Waals surface area (Å²) in [7, 11) is 0. The Morgan fingerprint density at radius 2 is 2.15 bits per heavy atom. The van der Waals surface area contributed by atoms with Crippen LogP contribution in [-0.2, 0) is 0 Å². The number of hydrogen-bond donors (Lipinski definition) is 0. The van der Waals surface area contributed by atoms with Crippen molar-refractivity contribution in [2.75, 3.05) is 18.0 Å². The van der Waals surface area contributed by atoms with Crippen molar-refractivity contribution in [2.45, 2.75) is 46.5 Å². The molecule has 1 aromatic heterocycles. The van der Waals surface area contributed by atoms with Crippen LogP contribution in [-0.4, -0.2) is 23.9 Å². The second kappa shape index (κ2) is 6.87. The zero-order chi connectivity index (χ0) is 14.5. The molecule has 2 heterocycles. The number of carbonyl (C=O) groups excluding carboxylic acids is 1. The van der Waals surface area contributed by atoms with Crippen molar-refractivity contribution in [3.8, 4) is 0 Å². The van der Waals surface area contributed by atoms with Crippen LogP contribution < -0.4 is 4.90 Å². The third kappa shape index (κ3) is 3.59. The lowest BCUT2D eigenvalue weighted by molar-refractivity contribution is 0.0983. The topological polar surface area (TPSA) is 33.2 Å². The van der Waals surface area contributed by atoms with E-state index in [9.17, 15) is 4.79 Å². The van der Waals surface area contributed by atoms with Crippen LogP contribution >= 0.6 is 0 Å². The summed E-state index contributed by atoms with van der Waals surface area (Å²) in [5, 5.41) is 0. The van der Waals surface area contributed by atoms with Gasteiger partial charge >= 0.3 is 0 Å². The van der Waals surface area contributed by atoms with Crippen LogP contribution in [0.2, 0.25) is 0 Å². The average molecular weight is 274 g/mol. The van der Waals surface area contributed by atoms with Crippen LogP contribution in [0.1, 0.15) is 56.9 Å². The number of pyridine rings is 1. The van der Waals surface area contributed by atoms with E-state index < -0.39 is 0 Å². The van der Waals surface area contributed by atoms with Crippen LogP contribution in [0.5, 0.6) is 0 Å². The standard InChI is InChI=1S/C17H26N2O/c1-4-17(20)16-8-7-15(12-18-16)19-10-5-6-14(9-11-19)13(2)3/h7-8,12-14H,4-6,9-11H2,1-3H3. The number of hydrogen-bond acceptors (Lipinski definition) is 3. The van der Waals surface area contributed by atoms with E-state index in [1.807, 2.05) is 25.3 Å². The normalized spacial score (nSPS) is 20.0. The maximum absolute atomic E-state index is 11.6. The highest BCUT2D eigenvalue weighted by Gasteiger charge is 2.19. The van der Waals surface area contributed by atoms with Crippen LogP contribution in [0, 0.1) is 11.8 Å². The highest BCUT2D eigenvalue weighted by Crippen LogP contribution is 2.27. The first-order valence-electron chi connectivity index (χ1n) is 7.86. The van der Waals surface area contributed by atoms with Gasteiger partial charge in [-0.05, 0) is 43.2 Å². The van der Waals surface area contributed by atoms with Crippen LogP contribution in [0.25, 0.3) is 0 Å². The summed E-state index contributed by atoms with van der Waals surface area (Å²) in [5.41, 5.74) is 1.74. The highest BCUT2D eigenvalue weighted by molar-refractivity contribution is 5.94. The summed E-state index contributed by atoms with van der Waals surface area (Å²) in [5.74, 6) is 1.74. The number of carbonyl (C=O) groups is 1. The molecule has 1 aromatic rings. The highest BCUT2D eigenvalue weighted by atomic mass is 16.1. The molecule has 1 aliphatic rings. The molecule has 3 heteroatoms. The molecule has 20 heavy (non-hydrogen) atoms. The van der Waals surface area contributed by atoms with Gasteiger partial charge in [-0.2, -0.15) is 0 Å². The van der Waals surface area contributed by atoms with Crippen molar-refractivity contribution < 1.29 is 4.79 Å². The summed E-state index contributed by atoms with van der Waals surface area (Å²) < 4.78 is 0. The largest absolute Gasteiger partial charge is 0.370 e. The van der Waals surface area contributed by atoms with E-state index >= 15 is 0 Å². The first kappa shape index (κ1) is 15.0. The number of anilines is 1. The van der Waals surface area contributed by atoms with Gasteiger partial charge in [-0.3, -0.25) is 9.78 Å². The van der Waals surface area contributed by atoms with Gasteiger partial charge in [0.05, 0.1) is 11.9 Å². The summed E-state index contributed by atoms with van der Waals surface area (Å²) >= 11 is 0. The summed E-state index contributed by atoms with van der Waals surface area (Å²) in [6.45, 7) is 8.73. The molecule has 0 amide bonds. The smallest absolute Gasteiger partial charge is 0.180 e. The van der Waals surface area contributed by atoms with Gasteiger partial charge < -0.3 is 4.90 Å². The Hall–Kier alpha value is -1.38. The molecular weight excluding hydrogens is 248 g/mol. The van der Waals surface area contributed by atoms with Crippen LogP contribution in [0.3, 0.4) is 0 Å². The molecule has 1 saturated heterocycles. The Morgan fingerprint density at radius 1 is 1.35 bits per heavy atom. The summed E-state index contributed by atoms with van der Waals surface area (Å²) in [6, 6.07) is 3.91. The van der Waals surface area contributed by atoms with E-state index in [0.29, 0.717) is 12.1 Å². The lowest BCUT2D eigenvalue weighted by atomic mass is 9.89. The van der Waals surface area contributed by atoms with Crippen molar-refractivity contribution >= 4 is 11.5 Å². The van der Waals surface area contributed by atoms with Gasteiger partial charge in [-0.1, -0.05) is 20.8 Å². The molecular formula is C17H26N2O.